The summed E-state index contributed by atoms with van der Waals surface area (Å²) in [6.07, 6.45) is 5.75. The molecule has 0 radical (unpaired) electrons. The van der Waals surface area contributed by atoms with Crippen LogP contribution in [0.25, 0.3) is 0 Å². The van der Waals surface area contributed by atoms with Crippen LogP contribution in [0, 0.1) is 0 Å². The molecule has 3 nitrogen and oxygen atoms in total. The molecular weight excluding hydrogens is 290 g/mol. The number of rotatable bonds is 9. The topological polar surface area (TPSA) is 32.5 Å². The average Bonchev–Trinajstić information content (AvgIpc) is 2.55. The Balaban J connectivity index is 1.57. The molecule has 1 fully saturated rings. The molecular formula is C18H31N3S. The molecule has 1 aliphatic rings. The Bertz CT molecular complexity index is 391. The van der Waals surface area contributed by atoms with E-state index < -0.39 is 0 Å². The summed E-state index contributed by atoms with van der Waals surface area (Å²) in [5.74, 6) is 1.18. The molecule has 22 heavy (non-hydrogen) atoms. The van der Waals surface area contributed by atoms with Crippen molar-refractivity contribution in [1.29, 1.82) is 0 Å². The van der Waals surface area contributed by atoms with Gasteiger partial charge in [0.05, 0.1) is 0 Å². The molecule has 0 saturated carbocycles. The van der Waals surface area contributed by atoms with Crippen molar-refractivity contribution in [3.8, 4) is 0 Å². The van der Waals surface area contributed by atoms with E-state index in [2.05, 4.69) is 46.4 Å². The summed E-state index contributed by atoms with van der Waals surface area (Å²) >= 11 is 1.89. The second kappa shape index (κ2) is 10.3. The molecule has 124 valence electrons. The zero-order valence-electron chi connectivity index (χ0n) is 13.9. The summed E-state index contributed by atoms with van der Waals surface area (Å²) in [4.78, 5) is 5.14. The third kappa shape index (κ3) is 6.69. The lowest BCUT2D eigenvalue weighted by Crippen LogP contribution is -2.50. The summed E-state index contributed by atoms with van der Waals surface area (Å²) in [7, 11) is 0. The van der Waals surface area contributed by atoms with Crippen LogP contribution < -0.4 is 5.73 Å². The predicted molar refractivity (Wildman–Crippen MR) is 98.6 cm³/mol. The quantitative estimate of drug-likeness (QED) is 0.756. The number of hydrogen-bond donors (Lipinski definition) is 1. The van der Waals surface area contributed by atoms with Gasteiger partial charge in [0.25, 0.3) is 0 Å². The van der Waals surface area contributed by atoms with Gasteiger partial charge in [-0.15, -0.1) is 0 Å². The molecule has 1 saturated heterocycles. The fraction of sp³-hybridized carbons (Fsp3) is 0.667. The van der Waals surface area contributed by atoms with Gasteiger partial charge >= 0.3 is 0 Å². The molecule has 0 aromatic heterocycles. The van der Waals surface area contributed by atoms with Crippen LogP contribution in [0.1, 0.15) is 18.4 Å². The molecule has 1 aromatic rings. The first kappa shape index (κ1) is 17.8. The summed E-state index contributed by atoms with van der Waals surface area (Å²) < 4.78 is 0. The molecule has 0 aliphatic carbocycles. The summed E-state index contributed by atoms with van der Waals surface area (Å²) in [6.45, 7) is 7.05. The van der Waals surface area contributed by atoms with Crippen LogP contribution in [0.2, 0.25) is 0 Å². The van der Waals surface area contributed by atoms with Crippen molar-refractivity contribution >= 4 is 11.8 Å². The zero-order valence-corrected chi connectivity index (χ0v) is 14.7. The van der Waals surface area contributed by atoms with Crippen LogP contribution in [0.4, 0.5) is 0 Å². The number of nitrogens with zero attached hydrogens (tertiary/aromatic N) is 2. The SMILES string of the molecule is CSCC[C@H](N)CN1CCN(CCCc2ccccc2)CC1. The Labute approximate surface area is 140 Å². The van der Waals surface area contributed by atoms with E-state index in [1.165, 1.54) is 56.9 Å². The number of nitrogens with two attached hydrogens (primary N) is 1. The maximum Gasteiger partial charge on any atom is 0.0175 e. The van der Waals surface area contributed by atoms with Gasteiger partial charge in [0, 0.05) is 38.8 Å². The molecule has 4 heteroatoms. The second-order valence-electron chi connectivity index (χ2n) is 6.27. The van der Waals surface area contributed by atoms with Crippen LogP contribution in [0.5, 0.6) is 0 Å². The minimum Gasteiger partial charge on any atom is -0.327 e. The van der Waals surface area contributed by atoms with Crippen LogP contribution in [0.3, 0.4) is 0 Å². The Hall–Kier alpha value is -0.550. The Kier molecular flexibility index (Phi) is 8.31. The number of thioether (sulfide) groups is 1. The molecule has 2 rings (SSSR count). The van der Waals surface area contributed by atoms with Crippen LogP contribution in [-0.2, 0) is 6.42 Å². The molecule has 0 bridgehead atoms. The van der Waals surface area contributed by atoms with E-state index in [9.17, 15) is 0 Å². The van der Waals surface area contributed by atoms with Crippen molar-refractivity contribution in [2.24, 2.45) is 5.73 Å². The van der Waals surface area contributed by atoms with Crippen LogP contribution in [-0.4, -0.2) is 67.1 Å². The monoisotopic (exact) mass is 321 g/mol. The highest BCUT2D eigenvalue weighted by Gasteiger charge is 2.18. The summed E-state index contributed by atoms with van der Waals surface area (Å²) in [6, 6.07) is 11.2. The maximum atomic E-state index is 6.20. The van der Waals surface area contributed by atoms with E-state index in [0.717, 1.165) is 13.0 Å². The number of piperazine rings is 1. The van der Waals surface area contributed by atoms with Gasteiger partial charge in [-0.05, 0) is 43.4 Å². The fourth-order valence-corrected chi connectivity index (χ4v) is 3.58. The summed E-state index contributed by atoms with van der Waals surface area (Å²) in [5, 5.41) is 0. The van der Waals surface area contributed by atoms with Crippen molar-refractivity contribution in [2.75, 3.05) is 51.3 Å². The van der Waals surface area contributed by atoms with E-state index in [1.54, 1.807) is 0 Å². The highest BCUT2D eigenvalue weighted by Crippen LogP contribution is 2.08. The molecule has 0 spiro atoms. The third-order valence-corrected chi connectivity index (χ3v) is 5.08. The van der Waals surface area contributed by atoms with Gasteiger partial charge in [-0.2, -0.15) is 11.8 Å². The molecule has 1 aromatic carbocycles. The first-order valence-electron chi connectivity index (χ1n) is 8.51. The van der Waals surface area contributed by atoms with Gasteiger partial charge in [0.1, 0.15) is 0 Å². The van der Waals surface area contributed by atoms with Crippen molar-refractivity contribution in [3.63, 3.8) is 0 Å². The van der Waals surface area contributed by atoms with Crippen LogP contribution in [0.15, 0.2) is 30.3 Å². The predicted octanol–water partition coefficient (Wildman–Crippen LogP) is 2.32. The van der Waals surface area contributed by atoms with E-state index in [4.69, 9.17) is 5.73 Å². The maximum absolute atomic E-state index is 6.20. The van der Waals surface area contributed by atoms with Crippen molar-refractivity contribution < 1.29 is 0 Å². The van der Waals surface area contributed by atoms with Crippen LogP contribution >= 0.6 is 11.8 Å². The lowest BCUT2D eigenvalue weighted by Gasteiger charge is -2.35. The fourth-order valence-electron chi connectivity index (χ4n) is 3.04. The Morgan fingerprint density at radius 2 is 1.77 bits per heavy atom. The van der Waals surface area contributed by atoms with E-state index >= 15 is 0 Å². The standard InChI is InChI=1S/C18H31N3S/c1-22-15-9-18(19)16-21-13-11-20(12-14-21)10-5-8-17-6-3-2-4-7-17/h2-4,6-7,18H,5,8-16,19H2,1H3/t18-/m0/s1. The molecule has 0 unspecified atom stereocenters. The zero-order chi connectivity index (χ0) is 15.6. The first-order valence-corrected chi connectivity index (χ1v) is 9.90. The smallest absolute Gasteiger partial charge is 0.0175 e. The largest absolute Gasteiger partial charge is 0.327 e. The normalized spacial score (nSPS) is 18.5. The number of benzene rings is 1. The highest BCUT2D eigenvalue weighted by molar-refractivity contribution is 7.98. The van der Waals surface area contributed by atoms with E-state index in [0.29, 0.717) is 6.04 Å². The minimum atomic E-state index is 0.345. The van der Waals surface area contributed by atoms with Crippen molar-refractivity contribution in [1.82, 2.24) is 9.80 Å². The number of aryl methyl sites for hydroxylation is 1. The third-order valence-electron chi connectivity index (χ3n) is 4.43. The van der Waals surface area contributed by atoms with E-state index in [1.807, 2.05) is 11.8 Å². The van der Waals surface area contributed by atoms with Crippen molar-refractivity contribution in [3.05, 3.63) is 35.9 Å². The average molecular weight is 322 g/mol. The molecule has 1 atom stereocenters. The van der Waals surface area contributed by atoms with Crippen molar-refractivity contribution in [2.45, 2.75) is 25.3 Å². The van der Waals surface area contributed by atoms with Gasteiger partial charge in [-0.1, -0.05) is 30.3 Å². The van der Waals surface area contributed by atoms with Gasteiger partial charge in [0.2, 0.25) is 0 Å². The lowest BCUT2D eigenvalue weighted by molar-refractivity contribution is 0.126. The van der Waals surface area contributed by atoms with Gasteiger partial charge in [-0.3, -0.25) is 4.90 Å². The second-order valence-corrected chi connectivity index (χ2v) is 7.26. The summed E-state index contributed by atoms with van der Waals surface area (Å²) in [5.41, 5.74) is 7.66. The van der Waals surface area contributed by atoms with E-state index in [-0.39, 0.29) is 0 Å². The van der Waals surface area contributed by atoms with Gasteiger partial charge in [0.15, 0.2) is 0 Å². The lowest BCUT2D eigenvalue weighted by atomic mass is 10.1. The molecule has 2 N–H and O–H groups in total. The first-order chi connectivity index (χ1) is 10.8. The van der Waals surface area contributed by atoms with Gasteiger partial charge in [-0.25, -0.2) is 0 Å². The highest BCUT2D eigenvalue weighted by atomic mass is 32.2. The minimum absolute atomic E-state index is 0.345. The van der Waals surface area contributed by atoms with Gasteiger partial charge < -0.3 is 10.6 Å². The number of hydrogen-bond acceptors (Lipinski definition) is 4. The Morgan fingerprint density at radius 1 is 1.09 bits per heavy atom. The molecule has 1 heterocycles. The molecule has 0 amide bonds. The molecule has 1 aliphatic heterocycles. The Morgan fingerprint density at radius 3 is 2.45 bits per heavy atom.